The number of aromatic nitrogens is 4. The van der Waals surface area contributed by atoms with Crippen molar-refractivity contribution in [2.24, 2.45) is 7.05 Å². The van der Waals surface area contributed by atoms with Gasteiger partial charge in [-0.1, -0.05) is 0 Å². The number of imidazole rings is 1. The molecule has 0 bridgehead atoms. The Morgan fingerprint density at radius 2 is 2.25 bits per heavy atom. The van der Waals surface area contributed by atoms with Crippen LogP contribution in [0.5, 0.6) is 0 Å². The lowest BCUT2D eigenvalue weighted by Crippen LogP contribution is -2.31. The van der Waals surface area contributed by atoms with Crippen molar-refractivity contribution in [3.8, 4) is 11.4 Å². The summed E-state index contributed by atoms with van der Waals surface area (Å²) in [6.07, 6.45) is 5.46. The third-order valence-electron chi connectivity index (χ3n) is 4.04. The van der Waals surface area contributed by atoms with Crippen molar-refractivity contribution in [3.63, 3.8) is 0 Å². The van der Waals surface area contributed by atoms with Crippen LogP contribution in [-0.4, -0.2) is 14.5 Å². The van der Waals surface area contributed by atoms with Gasteiger partial charge in [0.1, 0.15) is 12.1 Å². The molecular weight excluding hydrogens is 252 g/mol. The van der Waals surface area contributed by atoms with Gasteiger partial charge < -0.3 is 4.42 Å². The van der Waals surface area contributed by atoms with Gasteiger partial charge in [0.2, 0.25) is 5.52 Å². The van der Waals surface area contributed by atoms with Gasteiger partial charge >= 0.3 is 5.71 Å². The number of aryl methyl sites for hydroxylation is 1. The smallest absolute Gasteiger partial charge is 0.339 e. The van der Waals surface area contributed by atoms with Crippen molar-refractivity contribution in [1.82, 2.24) is 14.5 Å². The summed E-state index contributed by atoms with van der Waals surface area (Å²) in [7, 11) is 2.07. The van der Waals surface area contributed by atoms with Crippen LogP contribution in [0.1, 0.15) is 5.69 Å². The van der Waals surface area contributed by atoms with E-state index in [0.29, 0.717) is 0 Å². The van der Waals surface area contributed by atoms with Gasteiger partial charge in [-0.15, -0.1) is 0 Å². The first-order valence-electron chi connectivity index (χ1n) is 6.53. The zero-order valence-corrected chi connectivity index (χ0v) is 10.9. The number of fused-ring (bicyclic) bond motifs is 7. The van der Waals surface area contributed by atoms with Gasteiger partial charge in [-0.2, -0.15) is 4.57 Å². The zero-order chi connectivity index (χ0) is 13.3. The Labute approximate surface area is 114 Å². The third-order valence-corrected chi connectivity index (χ3v) is 4.04. The van der Waals surface area contributed by atoms with Crippen LogP contribution < -0.4 is 4.57 Å². The van der Waals surface area contributed by atoms with E-state index in [-0.39, 0.29) is 0 Å². The minimum Gasteiger partial charge on any atom is -0.419 e. The first-order valence-corrected chi connectivity index (χ1v) is 6.53. The molecule has 4 aromatic rings. The van der Waals surface area contributed by atoms with Crippen LogP contribution >= 0.6 is 0 Å². The molecule has 1 aliphatic heterocycles. The summed E-state index contributed by atoms with van der Waals surface area (Å²) in [5.74, 6) is 1.15. The van der Waals surface area contributed by atoms with Crippen LogP contribution in [0.4, 0.5) is 0 Å². The Kier molecular flexibility index (Phi) is 1.65. The van der Waals surface area contributed by atoms with Crippen molar-refractivity contribution in [3.05, 3.63) is 42.5 Å². The first kappa shape index (κ1) is 10.1. The summed E-state index contributed by atoms with van der Waals surface area (Å²) in [5.41, 5.74) is 5.14. The second-order valence-corrected chi connectivity index (χ2v) is 5.09. The monoisotopic (exact) mass is 263 g/mol. The summed E-state index contributed by atoms with van der Waals surface area (Å²) in [4.78, 5) is 8.67. The lowest BCUT2D eigenvalue weighted by atomic mass is 10.2. The molecule has 5 heteroatoms. The first-order chi connectivity index (χ1) is 9.84. The highest BCUT2D eigenvalue weighted by Crippen LogP contribution is 2.33. The maximum atomic E-state index is 6.02. The van der Waals surface area contributed by atoms with Gasteiger partial charge in [-0.3, -0.25) is 9.97 Å². The molecule has 0 fully saturated rings. The van der Waals surface area contributed by atoms with E-state index in [0.717, 1.165) is 40.3 Å². The van der Waals surface area contributed by atoms with Crippen LogP contribution in [0.2, 0.25) is 0 Å². The topological polar surface area (TPSA) is 47.7 Å². The maximum absolute atomic E-state index is 6.02. The van der Waals surface area contributed by atoms with E-state index in [1.807, 2.05) is 24.5 Å². The third kappa shape index (κ3) is 1.02. The summed E-state index contributed by atoms with van der Waals surface area (Å²) in [6, 6.07) is 5.99. The number of furan rings is 1. The number of hydrogen-bond donors (Lipinski definition) is 0. The molecule has 5 rings (SSSR count). The molecule has 0 aliphatic carbocycles. The highest BCUT2D eigenvalue weighted by Gasteiger charge is 2.36. The van der Waals surface area contributed by atoms with Crippen molar-refractivity contribution < 1.29 is 8.98 Å². The van der Waals surface area contributed by atoms with Gasteiger partial charge in [0, 0.05) is 24.7 Å². The standard InChI is InChI=1S/C15H11N4O/c1-18-13-10-7-16-6-4-12(10)20-15(13)19-8-11-9(14(18)19)3-2-5-17-11/h2-7H,8H2,1H3/q+1. The fourth-order valence-corrected chi connectivity index (χ4v) is 3.20. The quantitative estimate of drug-likeness (QED) is 0.402. The van der Waals surface area contributed by atoms with Gasteiger partial charge in [-0.05, 0) is 12.1 Å². The second kappa shape index (κ2) is 3.25. The Balaban J connectivity index is 1.98. The number of rotatable bonds is 0. The molecule has 0 saturated heterocycles. The SMILES string of the molecule is Cn1c2[n+](c3oc4ccncc4c31)Cc1ncccc1-2. The molecule has 0 N–H and O–H groups in total. The molecule has 0 aromatic carbocycles. The highest BCUT2D eigenvalue weighted by molar-refractivity contribution is 6.01. The molecule has 1 aliphatic rings. The van der Waals surface area contributed by atoms with E-state index in [9.17, 15) is 0 Å². The molecule has 0 atom stereocenters. The Morgan fingerprint density at radius 1 is 1.30 bits per heavy atom. The molecule has 5 heterocycles. The molecule has 0 amide bonds. The molecule has 20 heavy (non-hydrogen) atoms. The van der Waals surface area contributed by atoms with E-state index in [4.69, 9.17) is 4.42 Å². The van der Waals surface area contributed by atoms with Crippen molar-refractivity contribution in [2.45, 2.75) is 6.54 Å². The van der Waals surface area contributed by atoms with E-state index in [1.165, 1.54) is 5.56 Å². The van der Waals surface area contributed by atoms with Crippen molar-refractivity contribution in [1.29, 1.82) is 0 Å². The Morgan fingerprint density at radius 3 is 3.20 bits per heavy atom. The van der Waals surface area contributed by atoms with E-state index in [1.54, 1.807) is 6.20 Å². The Hall–Kier alpha value is -2.69. The van der Waals surface area contributed by atoms with Crippen LogP contribution in [0.3, 0.4) is 0 Å². The fraction of sp³-hybridized carbons (Fsp3) is 0.133. The second-order valence-electron chi connectivity index (χ2n) is 5.09. The summed E-state index contributed by atoms with van der Waals surface area (Å²) >= 11 is 0. The van der Waals surface area contributed by atoms with Crippen LogP contribution in [-0.2, 0) is 13.6 Å². The molecule has 0 saturated carbocycles. The summed E-state index contributed by atoms with van der Waals surface area (Å²) < 4.78 is 10.4. The predicted molar refractivity (Wildman–Crippen MR) is 73.0 cm³/mol. The van der Waals surface area contributed by atoms with E-state index < -0.39 is 0 Å². The molecule has 0 radical (unpaired) electrons. The zero-order valence-electron chi connectivity index (χ0n) is 10.9. The van der Waals surface area contributed by atoms with Crippen molar-refractivity contribution in [2.75, 3.05) is 0 Å². The normalized spacial score (nSPS) is 13.1. The van der Waals surface area contributed by atoms with Crippen LogP contribution in [0, 0.1) is 0 Å². The molecule has 96 valence electrons. The number of pyridine rings is 2. The lowest BCUT2D eigenvalue weighted by Gasteiger charge is -1.94. The molecule has 0 spiro atoms. The van der Waals surface area contributed by atoms with Crippen LogP contribution in [0.25, 0.3) is 33.6 Å². The van der Waals surface area contributed by atoms with E-state index >= 15 is 0 Å². The minimum absolute atomic E-state index is 0.760. The predicted octanol–water partition coefficient (Wildman–Crippen LogP) is 2.03. The average molecular weight is 263 g/mol. The summed E-state index contributed by atoms with van der Waals surface area (Å²) in [6.45, 7) is 0.760. The lowest BCUT2D eigenvalue weighted by molar-refractivity contribution is -0.652. The average Bonchev–Trinajstić information content (AvgIpc) is 3.10. The van der Waals surface area contributed by atoms with Gasteiger partial charge in [0.15, 0.2) is 0 Å². The van der Waals surface area contributed by atoms with Crippen LogP contribution in [0.15, 0.2) is 41.2 Å². The van der Waals surface area contributed by atoms with Crippen molar-refractivity contribution >= 4 is 22.2 Å². The van der Waals surface area contributed by atoms with Gasteiger partial charge in [-0.25, -0.2) is 4.57 Å². The summed E-state index contributed by atoms with van der Waals surface area (Å²) in [5, 5.41) is 1.05. The molecule has 5 nitrogen and oxygen atoms in total. The van der Waals surface area contributed by atoms with Gasteiger partial charge in [0.25, 0.3) is 5.82 Å². The number of hydrogen-bond acceptors (Lipinski definition) is 3. The Bertz CT molecular complexity index is 996. The number of nitrogens with zero attached hydrogens (tertiary/aromatic N) is 4. The van der Waals surface area contributed by atoms with Gasteiger partial charge in [0.05, 0.1) is 23.7 Å². The molecular formula is C15H11N4O+. The highest BCUT2D eigenvalue weighted by atomic mass is 16.3. The maximum Gasteiger partial charge on any atom is 0.339 e. The molecule has 0 unspecified atom stereocenters. The van der Waals surface area contributed by atoms with E-state index in [2.05, 4.69) is 32.2 Å². The largest absolute Gasteiger partial charge is 0.419 e. The fourth-order valence-electron chi connectivity index (χ4n) is 3.20. The molecule has 4 aromatic heterocycles. The minimum atomic E-state index is 0.760.